The summed E-state index contributed by atoms with van der Waals surface area (Å²) in [6, 6.07) is 3.47. The normalized spacial score (nSPS) is 40.6. The van der Waals surface area contributed by atoms with Crippen LogP contribution in [0.15, 0.2) is 0 Å². The minimum atomic E-state index is 0.801. The Morgan fingerprint density at radius 3 is 2.38 bits per heavy atom. The molecule has 0 aromatic carbocycles. The van der Waals surface area contributed by atoms with E-state index in [1.807, 2.05) is 0 Å². The van der Waals surface area contributed by atoms with Crippen molar-refractivity contribution >= 4 is 11.8 Å². The van der Waals surface area contributed by atoms with Crippen LogP contribution in [0.3, 0.4) is 0 Å². The zero-order valence-corrected chi connectivity index (χ0v) is 14.8. The molecule has 2 heterocycles. The van der Waals surface area contributed by atoms with Gasteiger partial charge in [-0.2, -0.15) is 11.8 Å². The highest BCUT2D eigenvalue weighted by atomic mass is 32.2. The third-order valence-electron chi connectivity index (χ3n) is 5.90. The average molecular weight is 311 g/mol. The highest BCUT2D eigenvalue weighted by molar-refractivity contribution is 7.99. The number of piperidine rings is 2. The van der Waals surface area contributed by atoms with Gasteiger partial charge in [0, 0.05) is 29.4 Å². The third-order valence-corrected chi connectivity index (χ3v) is 7.21. The number of hydrogen-bond donors (Lipinski definition) is 1. The molecule has 2 saturated heterocycles. The van der Waals surface area contributed by atoms with Crippen molar-refractivity contribution in [3.05, 3.63) is 0 Å². The van der Waals surface area contributed by atoms with E-state index < -0.39 is 0 Å². The van der Waals surface area contributed by atoms with E-state index in [0.717, 1.165) is 29.4 Å². The van der Waals surface area contributed by atoms with Gasteiger partial charge in [-0.05, 0) is 57.2 Å². The fourth-order valence-corrected chi connectivity index (χ4v) is 6.39. The van der Waals surface area contributed by atoms with Gasteiger partial charge in [-0.3, -0.25) is 4.90 Å². The third kappa shape index (κ3) is 3.61. The zero-order valence-electron chi connectivity index (χ0n) is 14.0. The lowest BCUT2D eigenvalue weighted by Crippen LogP contribution is -2.60. The maximum absolute atomic E-state index is 3.82. The molecule has 3 aliphatic rings. The van der Waals surface area contributed by atoms with Crippen LogP contribution >= 0.6 is 11.8 Å². The summed E-state index contributed by atoms with van der Waals surface area (Å²) in [5, 5.41) is 4.74. The lowest BCUT2D eigenvalue weighted by Gasteiger charge is -2.53. The molecule has 3 heteroatoms. The Labute approximate surface area is 135 Å². The van der Waals surface area contributed by atoms with Gasteiger partial charge in [0.15, 0.2) is 0 Å². The molecule has 0 amide bonds. The Morgan fingerprint density at radius 1 is 1.00 bits per heavy atom. The van der Waals surface area contributed by atoms with Crippen LogP contribution < -0.4 is 5.32 Å². The molecule has 0 spiro atoms. The Kier molecular flexibility index (Phi) is 5.92. The number of rotatable bonds is 6. The second-order valence-electron chi connectivity index (χ2n) is 7.30. The van der Waals surface area contributed by atoms with Crippen molar-refractivity contribution in [1.29, 1.82) is 0 Å². The van der Waals surface area contributed by atoms with Crippen LogP contribution in [-0.2, 0) is 0 Å². The first-order chi connectivity index (χ1) is 10.3. The topological polar surface area (TPSA) is 15.3 Å². The molecule has 1 aliphatic carbocycles. The van der Waals surface area contributed by atoms with Gasteiger partial charge in [-0.1, -0.05) is 26.7 Å². The van der Waals surface area contributed by atoms with E-state index in [2.05, 4.69) is 35.8 Å². The fraction of sp³-hybridized carbons (Fsp3) is 1.00. The zero-order chi connectivity index (χ0) is 14.7. The number of nitrogens with zero attached hydrogens (tertiary/aromatic N) is 1. The van der Waals surface area contributed by atoms with Crippen molar-refractivity contribution in [2.75, 3.05) is 12.3 Å². The summed E-state index contributed by atoms with van der Waals surface area (Å²) in [6.45, 7) is 5.83. The first kappa shape index (κ1) is 16.1. The Hall–Kier alpha value is 0.270. The first-order valence-corrected chi connectivity index (χ1v) is 10.5. The molecule has 0 aromatic rings. The van der Waals surface area contributed by atoms with Crippen LogP contribution in [0.25, 0.3) is 0 Å². The van der Waals surface area contributed by atoms with Gasteiger partial charge in [0.1, 0.15) is 0 Å². The van der Waals surface area contributed by atoms with Crippen LogP contribution in [0.4, 0.5) is 0 Å². The van der Waals surface area contributed by atoms with Gasteiger partial charge in [0.05, 0.1) is 0 Å². The van der Waals surface area contributed by atoms with Crippen molar-refractivity contribution in [3.63, 3.8) is 0 Å². The molecule has 4 atom stereocenters. The summed E-state index contributed by atoms with van der Waals surface area (Å²) in [7, 11) is 0. The average Bonchev–Trinajstić information content (AvgIpc) is 2.92. The molecule has 0 aromatic heterocycles. The number of fused-ring (bicyclic) bond motifs is 2. The van der Waals surface area contributed by atoms with E-state index in [0.29, 0.717) is 0 Å². The molecule has 2 nitrogen and oxygen atoms in total. The van der Waals surface area contributed by atoms with Crippen LogP contribution in [0.2, 0.25) is 0 Å². The van der Waals surface area contributed by atoms with Crippen molar-refractivity contribution < 1.29 is 0 Å². The molecule has 21 heavy (non-hydrogen) atoms. The van der Waals surface area contributed by atoms with Gasteiger partial charge < -0.3 is 5.32 Å². The van der Waals surface area contributed by atoms with Gasteiger partial charge in [-0.15, -0.1) is 0 Å². The molecule has 3 rings (SSSR count). The van der Waals surface area contributed by atoms with Crippen molar-refractivity contribution in [2.24, 2.45) is 0 Å². The summed E-state index contributed by atoms with van der Waals surface area (Å²) in [6.07, 6.45) is 12.9. The van der Waals surface area contributed by atoms with E-state index >= 15 is 0 Å². The number of hydrogen-bond acceptors (Lipinski definition) is 3. The summed E-state index contributed by atoms with van der Waals surface area (Å²) >= 11 is 2.24. The minimum absolute atomic E-state index is 0.801. The molecule has 1 N–H and O–H groups in total. The van der Waals surface area contributed by atoms with Crippen molar-refractivity contribution in [1.82, 2.24) is 10.2 Å². The largest absolute Gasteiger partial charge is 0.314 e. The van der Waals surface area contributed by atoms with Crippen molar-refractivity contribution in [3.8, 4) is 0 Å². The Bertz CT molecular complexity index is 308. The maximum atomic E-state index is 3.82. The van der Waals surface area contributed by atoms with Crippen LogP contribution in [0, 0.1) is 0 Å². The lowest BCUT2D eigenvalue weighted by molar-refractivity contribution is -0.00717. The second kappa shape index (κ2) is 7.70. The summed E-state index contributed by atoms with van der Waals surface area (Å²) in [5.41, 5.74) is 0. The van der Waals surface area contributed by atoms with Crippen molar-refractivity contribution in [2.45, 2.75) is 101 Å². The Morgan fingerprint density at radius 2 is 1.71 bits per heavy atom. The predicted molar refractivity (Wildman–Crippen MR) is 94.1 cm³/mol. The summed E-state index contributed by atoms with van der Waals surface area (Å²) < 4.78 is 0. The maximum Gasteiger partial charge on any atom is 0.0220 e. The molecular weight excluding hydrogens is 276 g/mol. The molecule has 3 fully saturated rings. The van der Waals surface area contributed by atoms with Gasteiger partial charge >= 0.3 is 0 Å². The van der Waals surface area contributed by atoms with Gasteiger partial charge in [-0.25, -0.2) is 0 Å². The van der Waals surface area contributed by atoms with E-state index in [1.54, 1.807) is 0 Å². The Balaban J connectivity index is 1.65. The molecule has 4 unspecified atom stereocenters. The van der Waals surface area contributed by atoms with Crippen LogP contribution in [0.1, 0.15) is 71.6 Å². The van der Waals surface area contributed by atoms with Crippen LogP contribution in [0.5, 0.6) is 0 Å². The molecule has 2 aliphatic heterocycles. The highest BCUT2D eigenvalue weighted by Crippen LogP contribution is 2.42. The number of thioether (sulfide) groups is 1. The lowest BCUT2D eigenvalue weighted by atomic mass is 9.80. The predicted octanol–water partition coefficient (Wildman–Crippen LogP) is 4.05. The van der Waals surface area contributed by atoms with Gasteiger partial charge in [0.2, 0.25) is 0 Å². The van der Waals surface area contributed by atoms with E-state index in [4.69, 9.17) is 0 Å². The SMILES string of the molecule is CCCNC1CC2CCCC(C1)N2C1CCCC1SCC. The molecular formula is C18H34N2S. The molecule has 0 radical (unpaired) electrons. The first-order valence-electron chi connectivity index (χ1n) is 9.45. The van der Waals surface area contributed by atoms with Gasteiger partial charge in [0.25, 0.3) is 0 Å². The number of nitrogens with one attached hydrogen (secondary N) is 1. The van der Waals surface area contributed by atoms with E-state index in [1.165, 1.54) is 70.1 Å². The monoisotopic (exact) mass is 310 g/mol. The van der Waals surface area contributed by atoms with Crippen LogP contribution in [-0.4, -0.2) is 46.6 Å². The smallest absolute Gasteiger partial charge is 0.0220 e. The van der Waals surface area contributed by atoms with E-state index in [-0.39, 0.29) is 0 Å². The quantitative estimate of drug-likeness (QED) is 0.797. The van der Waals surface area contributed by atoms with E-state index in [9.17, 15) is 0 Å². The highest BCUT2D eigenvalue weighted by Gasteiger charge is 2.44. The molecule has 2 bridgehead atoms. The fourth-order valence-electron chi connectivity index (χ4n) is 5.13. The molecule has 122 valence electrons. The molecule has 1 saturated carbocycles. The summed E-state index contributed by atoms with van der Waals surface area (Å²) in [5.74, 6) is 1.30. The standard InChI is InChI=1S/C18H34N2S/c1-3-11-19-14-12-15-7-5-8-16(13-14)20(15)17-9-6-10-18(17)21-4-2/h14-19H,3-13H2,1-2H3. The second-order valence-corrected chi connectivity index (χ2v) is 8.82. The minimum Gasteiger partial charge on any atom is -0.314 e. The summed E-state index contributed by atoms with van der Waals surface area (Å²) in [4.78, 5) is 3.02.